The highest BCUT2D eigenvalue weighted by Crippen LogP contribution is 2.22. The number of hydrogen-bond acceptors (Lipinski definition) is 3. The van der Waals surface area contributed by atoms with Crippen LogP contribution in [0.3, 0.4) is 0 Å². The predicted octanol–water partition coefficient (Wildman–Crippen LogP) is 3.54. The Hall–Kier alpha value is -1.95. The zero-order chi connectivity index (χ0) is 14.0. The maximum Gasteiger partial charge on any atom is 0.454 e. The number of carbonyl (C=O) groups is 1. The normalized spacial score (nSPS) is 11.4. The van der Waals surface area contributed by atoms with Crippen molar-refractivity contribution < 1.29 is 18.0 Å². The van der Waals surface area contributed by atoms with Crippen LogP contribution in [0.5, 0.6) is 0 Å². The highest BCUT2D eigenvalue weighted by Gasteiger charge is 2.39. The minimum atomic E-state index is -4.93. The van der Waals surface area contributed by atoms with E-state index in [1.807, 2.05) is 0 Å². The molecule has 0 amide bonds. The van der Waals surface area contributed by atoms with Crippen molar-refractivity contribution in [2.45, 2.75) is 6.18 Å². The summed E-state index contributed by atoms with van der Waals surface area (Å²) in [4.78, 5) is 18.4. The van der Waals surface area contributed by atoms with Gasteiger partial charge in [0.05, 0.1) is 5.56 Å². The lowest BCUT2D eigenvalue weighted by molar-refractivity contribution is -0.0885. The molecule has 7 heteroatoms. The average Bonchev–Trinajstić information content (AvgIpc) is 2.38. The van der Waals surface area contributed by atoms with Gasteiger partial charge in [0, 0.05) is 23.0 Å². The van der Waals surface area contributed by atoms with E-state index >= 15 is 0 Å². The van der Waals surface area contributed by atoms with E-state index < -0.39 is 17.5 Å². The molecular formula is C12H6ClF3N2O. The molecule has 0 N–H and O–H groups in total. The van der Waals surface area contributed by atoms with Crippen molar-refractivity contribution in [2.24, 2.45) is 0 Å². The van der Waals surface area contributed by atoms with Crippen molar-refractivity contribution in [2.75, 3.05) is 0 Å². The lowest BCUT2D eigenvalue weighted by Gasteiger charge is -2.05. The number of carbonyl (C=O) groups excluding carboxylic acids is 1. The molecule has 0 radical (unpaired) electrons. The van der Waals surface area contributed by atoms with Crippen LogP contribution in [0.25, 0.3) is 11.4 Å². The summed E-state index contributed by atoms with van der Waals surface area (Å²) in [7, 11) is 0. The lowest BCUT2D eigenvalue weighted by Crippen LogP contribution is -2.23. The molecule has 0 aliphatic heterocycles. The Morgan fingerprint density at radius 2 is 1.58 bits per heavy atom. The number of benzene rings is 1. The number of halogens is 4. The van der Waals surface area contributed by atoms with Gasteiger partial charge in [0.15, 0.2) is 5.82 Å². The molecule has 98 valence electrons. The molecule has 0 aliphatic rings. The van der Waals surface area contributed by atoms with E-state index in [9.17, 15) is 18.0 Å². The topological polar surface area (TPSA) is 42.9 Å². The third-order valence-electron chi connectivity index (χ3n) is 2.27. The van der Waals surface area contributed by atoms with Crippen molar-refractivity contribution in [3.05, 3.63) is 47.2 Å². The summed E-state index contributed by atoms with van der Waals surface area (Å²) in [5.74, 6) is -1.74. The van der Waals surface area contributed by atoms with E-state index in [1.165, 1.54) is 0 Å². The van der Waals surface area contributed by atoms with Gasteiger partial charge in [-0.15, -0.1) is 0 Å². The highest BCUT2D eigenvalue weighted by molar-refractivity contribution is 6.30. The first-order chi connectivity index (χ1) is 8.88. The monoisotopic (exact) mass is 286 g/mol. The molecule has 3 nitrogen and oxygen atoms in total. The summed E-state index contributed by atoms with van der Waals surface area (Å²) < 4.78 is 36.5. The number of rotatable bonds is 2. The summed E-state index contributed by atoms with van der Waals surface area (Å²) in [5.41, 5.74) is 0.000575. The minimum Gasteiger partial charge on any atom is -0.284 e. The van der Waals surface area contributed by atoms with Crippen molar-refractivity contribution in [3.8, 4) is 11.4 Å². The van der Waals surface area contributed by atoms with Gasteiger partial charge in [-0.05, 0) is 24.3 Å². The molecule has 2 aromatic rings. The summed E-state index contributed by atoms with van der Waals surface area (Å²) in [6.07, 6.45) is -3.22. The molecule has 1 aromatic heterocycles. The van der Waals surface area contributed by atoms with E-state index in [0.717, 1.165) is 12.4 Å². The van der Waals surface area contributed by atoms with Crippen molar-refractivity contribution in [3.63, 3.8) is 0 Å². The first-order valence-corrected chi connectivity index (χ1v) is 5.45. The third kappa shape index (κ3) is 3.08. The fourth-order valence-electron chi connectivity index (χ4n) is 1.36. The Bertz CT molecular complexity index is 594. The largest absolute Gasteiger partial charge is 0.454 e. The quantitative estimate of drug-likeness (QED) is 0.793. The van der Waals surface area contributed by atoms with Gasteiger partial charge in [-0.2, -0.15) is 13.2 Å². The Labute approximate surface area is 111 Å². The summed E-state index contributed by atoms with van der Waals surface area (Å²) in [6.45, 7) is 0. The van der Waals surface area contributed by atoms with Crippen LogP contribution in [0.2, 0.25) is 5.02 Å². The standard InChI is InChI=1S/C12H6ClF3N2O/c13-9-3-1-7(2-4-9)11-17-5-8(6-18-11)10(19)12(14,15)16/h1-6H. The Kier molecular flexibility index (Phi) is 3.53. The molecule has 0 atom stereocenters. The number of nitrogens with zero attached hydrogens (tertiary/aromatic N) is 2. The molecule has 1 heterocycles. The molecule has 0 bridgehead atoms. The van der Waals surface area contributed by atoms with Crippen LogP contribution in [-0.2, 0) is 0 Å². The lowest BCUT2D eigenvalue weighted by atomic mass is 10.2. The molecule has 19 heavy (non-hydrogen) atoms. The first kappa shape index (κ1) is 13.5. The maximum atomic E-state index is 12.2. The van der Waals surface area contributed by atoms with Gasteiger partial charge >= 0.3 is 6.18 Å². The van der Waals surface area contributed by atoms with E-state index in [-0.39, 0.29) is 5.82 Å². The number of alkyl halides is 3. The second-order valence-corrected chi connectivity index (χ2v) is 4.07. The van der Waals surface area contributed by atoms with Crippen LogP contribution in [-0.4, -0.2) is 21.9 Å². The van der Waals surface area contributed by atoms with Gasteiger partial charge < -0.3 is 0 Å². The first-order valence-electron chi connectivity index (χ1n) is 5.07. The van der Waals surface area contributed by atoms with Gasteiger partial charge in [0.2, 0.25) is 0 Å². The van der Waals surface area contributed by atoms with Gasteiger partial charge in [-0.3, -0.25) is 4.79 Å². The number of hydrogen-bond donors (Lipinski definition) is 0. The number of Topliss-reactive ketones (excluding diaryl/α,β-unsaturated/α-hetero) is 1. The zero-order valence-electron chi connectivity index (χ0n) is 9.28. The predicted molar refractivity (Wildman–Crippen MR) is 62.9 cm³/mol. The average molecular weight is 287 g/mol. The minimum absolute atomic E-state index is 0.218. The van der Waals surface area contributed by atoms with Crippen molar-refractivity contribution in [1.82, 2.24) is 9.97 Å². The smallest absolute Gasteiger partial charge is 0.284 e. The number of aromatic nitrogens is 2. The van der Waals surface area contributed by atoms with Gasteiger partial charge in [-0.25, -0.2) is 9.97 Å². The molecule has 0 aliphatic carbocycles. The molecule has 0 unspecified atom stereocenters. The number of ketones is 1. The zero-order valence-corrected chi connectivity index (χ0v) is 10.0. The van der Waals surface area contributed by atoms with E-state index in [1.54, 1.807) is 24.3 Å². The molecule has 0 fully saturated rings. The highest BCUT2D eigenvalue weighted by atomic mass is 35.5. The van der Waals surface area contributed by atoms with Crippen molar-refractivity contribution >= 4 is 17.4 Å². The summed E-state index contributed by atoms with van der Waals surface area (Å²) in [5, 5.41) is 0.521. The maximum absolute atomic E-state index is 12.2. The molecule has 2 rings (SSSR count). The van der Waals surface area contributed by atoms with Gasteiger partial charge in [0.25, 0.3) is 5.78 Å². The van der Waals surface area contributed by atoms with E-state index in [2.05, 4.69) is 9.97 Å². The summed E-state index contributed by atoms with van der Waals surface area (Å²) >= 11 is 5.71. The molecular weight excluding hydrogens is 281 g/mol. The Morgan fingerprint density at radius 1 is 1.05 bits per heavy atom. The Morgan fingerprint density at radius 3 is 2.05 bits per heavy atom. The Balaban J connectivity index is 2.28. The molecule has 0 saturated heterocycles. The van der Waals surface area contributed by atoms with Crippen LogP contribution < -0.4 is 0 Å². The van der Waals surface area contributed by atoms with Crippen LogP contribution >= 0.6 is 11.6 Å². The molecule has 1 aromatic carbocycles. The van der Waals surface area contributed by atoms with Crippen LogP contribution in [0.1, 0.15) is 10.4 Å². The van der Waals surface area contributed by atoms with Crippen LogP contribution in [0.4, 0.5) is 13.2 Å². The SMILES string of the molecule is O=C(c1cnc(-c2ccc(Cl)cc2)nc1)C(F)(F)F. The third-order valence-corrected chi connectivity index (χ3v) is 2.53. The van der Waals surface area contributed by atoms with Gasteiger partial charge in [0.1, 0.15) is 0 Å². The van der Waals surface area contributed by atoms with E-state index in [4.69, 9.17) is 11.6 Å². The molecule has 0 spiro atoms. The van der Waals surface area contributed by atoms with Gasteiger partial charge in [-0.1, -0.05) is 11.6 Å². The molecule has 0 saturated carbocycles. The summed E-state index contributed by atoms with van der Waals surface area (Å²) in [6, 6.07) is 6.47. The van der Waals surface area contributed by atoms with Crippen LogP contribution in [0.15, 0.2) is 36.7 Å². The van der Waals surface area contributed by atoms with E-state index in [0.29, 0.717) is 10.6 Å². The second kappa shape index (κ2) is 4.97. The fourth-order valence-corrected chi connectivity index (χ4v) is 1.48. The second-order valence-electron chi connectivity index (χ2n) is 3.63. The van der Waals surface area contributed by atoms with Crippen LogP contribution in [0, 0.1) is 0 Å². The fraction of sp³-hybridized carbons (Fsp3) is 0.0833. The van der Waals surface area contributed by atoms with Crippen molar-refractivity contribution in [1.29, 1.82) is 0 Å².